The number of aromatic nitrogens is 12. The highest BCUT2D eigenvalue weighted by atomic mass is 16.5. The molecule has 0 spiro atoms. The lowest BCUT2D eigenvalue weighted by atomic mass is 10.0. The molecule has 2 N–H and O–H groups in total. The monoisotopic (exact) mass is 1270 g/mol. The van der Waals surface area contributed by atoms with Gasteiger partial charge in [-0.25, -0.2) is 9.97 Å². The molecule has 0 saturated heterocycles. The van der Waals surface area contributed by atoms with Crippen molar-refractivity contribution in [3.63, 3.8) is 0 Å². The minimum absolute atomic E-state index is 0.616. The fraction of sp³-hybridized carbons (Fsp3) is 0.250. The molecule has 8 bridgehead atoms. The van der Waals surface area contributed by atoms with Crippen LogP contribution in [-0.4, -0.2) is 86.2 Å². The van der Waals surface area contributed by atoms with Crippen LogP contribution in [0.5, 0.6) is 23.0 Å². The quantitative estimate of drug-likeness (QED) is 0.0378. The molecule has 0 unspecified atom stereocenters. The number of H-pyrrole nitrogens is 2. The van der Waals surface area contributed by atoms with Crippen molar-refractivity contribution >= 4 is 46.4 Å². The number of aryl methyl sites for hydroxylation is 4. The van der Waals surface area contributed by atoms with Gasteiger partial charge < -0.3 is 28.9 Å². The molecule has 0 amide bonds. The standard InChI is InChI=1S/C80H78N12O4/c1(5-13-61-53-81-41-45-85-61)9-49-93-65-25-17-57(18-26-65)77-69-33-35-71(89-69)78(58-19-27-66(28-20-58)94-50-10-2-6-14-62-54-82-42-46-86-62)73-37-39-75(91-73)80(60-23-31-68(32-24-60)96-52-12-4-8-16-64-56-84-44-48-88-64)76-40-38-74(92-76)79(72-36-34-70(77)90-72)59-21-29-67(30-22-59)95-51-11-3-7-15-63-55-83-43-47-87-63/h17-48,53-56,89,92H,1-16,49-52H2. The smallest absolute Gasteiger partial charge is 0.119 e. The van der Waals surface area contributed by atoms with E-state index in [0.717, 1.165) is 238 Å². The summed E-state index contributed by atoms with van der Waals surface area (Å²) in [5.41, 5.74) is 18.6. The van der Waals surface area contributed by atoms with Crippen LogP contribution in [-0.2, 0) is 25.7 Å². The molecular weight excluding hydrogens is 1190 g/mol. The second kappa shape index (κ2) is 32.7. The summed E-state index contributed by atoms with van der Waals surface area (Å²) in [6, 6.07) is 42.2. The second-order valence-electron chi connectivity index (χ2n) is 24.0. The van der Waals surface area contributed by atoms with Gasteiger partial charge in [0.1, 0.15) is 23.0 Å². The summed E-state index contributed by atoms with van der Waals surface area (Å²) in [6.45, 7) is 2.46. The summed E-state index contributed by atoms with van der Waals surface area (Å²) < 4.78 is 25.4. The lowest BCUT2D eigenvalue weighted by Crippen LogP contribution is -1.98. The van der Waals surface area contributed by atoms with E-state index >= 15 is 0 Å². The number of nitrogens with one attached hydrogen (secondary N) is 2. The zero-order chi connectivity index (χ0) is 64.8. The van der Waals surface area contributed by atoms with Crippen molar-refractivity contribution in [1.82, 2.24) is 59.8 Å². The molecule has 0 saturated carbocycles. The lowest BCUT2D eigenvalue weighted by Gasteiger charge is -2.10. The van der Waals surface area contributed by atoms with Crippen LogP contribution in [0.2, 0.25) is 0 Å². The van der Waals surface area contributed by atoms with Crippen molar-refractivity contribution in [2.75, 3.05) is 26.4 Å². The molecule has 0 atom stereocenters. The summed E-state index contributed by atoms with van der Waals surface area (Å²) in [5.74, 6) is 3.24. The minimum Gasteiger partial charge on any atom is -0.494 e. The van der Waals surface area contributed by atoms with Crippen LogP contribution in [0.3, 0.4) is 0 Å². The Balaban J connectivity index is 0.855. The van der Waals surface area contributed by atoms with E-state index in [0.29, 0.717) is 26.4 Å². The highest BCUT2D eigenvalue weighted by Gasteiger charge is 2.20. The molecule has 13 rings (SSSR count). The number of hydrogen-bond donors (Lipinski definition) is 2. The van der Waals surface area contributed by atoms with Crippen LogP contribution in [0, 0.1) is 0 Å². The first-order valence-corrected chi connectivity index (χ1v) is 33.7. The van der Waals surface area contributed by atoms with E-state index in [1.807, 2.05) is 24.8 Å². The zero-order valence-corrected chi connectivity index (χ0v) is 54.0. The molecular formula is C80H78N12O4. The number of hydrogen-bond acceptors (Lipinski definition) is 14. The van der Waals surface area contributed by atoms with Crippen molar-refractivity contribution in [3.05, 3.63) is 241 Å². The van der Waals surface area contributed by atoms with Gasteiger partial charge >= 0.3 is 0 Å². The number of fused-ring (bicyclic) bond motifs is 8. The number of aromatic amines is 2. The Bertz CT molecular complexity index is 3940. The highest BCUT2D eigenvalue weighted by Crippen LogP contribution is 2.40. The Hall–Kier alpha value is -11.0. The van der Waals surface area contributed by atoms with E-state index in [1.54, 1.807) is 49.6 Å². The number of ether oxygens (including phenoxy) is 4. The van der Waals surface area contributed by atoms with Gasteiger partial charge in [0.05, 0.1) is 72.0 Å². The van der Waals surface area contributed by atoms with Gasteiger partial charge in [-0.2, -0.15) is 0 Å². The van der Waals surface area contributed by atoms with E-state index in [2.05, 4.69) is 195 Å². The maximum Gasteiger partial charge on any atom is 0.119 e. The molecule has 2 aliphatic rings. The molecule has 9 heterocycles. The zero-order valence-electron chi connectivity index (χ0n) is 54.0. The Kier molecular flexibility index (Phi) is 21.7. The average molecular weight is 1270 g/mol. The fourth-order valence-electron chi connectivity index (χ4n) is 12.2. The maximum absolute atomic E-state index is 6.35. The minimum atomic E-state index is 0.616. The molecule has 0 fully saturated rings. The molecule has 0 radical (unpaired) electrons. The highest BCUT2D eigenvalue weighted by molar-refractivity contribution is 6.00. The van der Waals surface area contributed by atoms with Crippen molar-refractivity contribution < 1.29 is 18.9 Å². The molecule has 4 aromatic carbocycles. The molecule has 96 heavy (non-hydrogen) atoms. The van der Waals surface area contributed by atoms with Gasteiger partial charge in [0, 0.05) is 119 Å². The van der Waals surface area contributed by atoms with Crippen LogP contribution in [0.4, 0.5) is 0 Å². The van der Waals surface area contributed by atoms with Crippen LogP contribution in [0.25, 0.3) is 90.9 Å². The summed E-state index contributed by atoms with van der Waals surface area (Å²) in [5, 5.41) is 0. The number of unbranched alkanes of at least 4 members (excludes halogenated alkanes) is 8. The number of benzene rings is 4. The van der Waals surface area contributed by atoms with Gasteiger partial charge in [-0.3, -0.25) is 39.9 Å². The summed E-state index contributed by atoms with van der Waals surface area (Å²) in [4.78, 5) is 53.7. The molecule has 11 aromatic rings. The molecule has 2 aliphatic heterocycles. The first-order valence-electron chi connectivity index (χ1n) is 33.7. The first kappa shape index (κ1) is 63.7. The van der Waals surface area contributed by atoms with Crippen molar-refractivity contribution in [2.45, 2.75) is 103 Å². The SMILES string of the molecule is C1=Cc2nc1c(-c1ccc(OCCCCCc3cnccn3)cc1)c1ccc([nH]1)c(-c1ccc(OCCCCCc3cnccn3)cc1)c1nc(c(-c3ccc(OCCCCCc4cnccn4)cc3)c3ccc([nH]3)c2-c2ccc(OCCCCCc3cnccn3)cc2)C=C1. The summed E-state index contributed by atoms with van der Waals surface area (Å²) >= 11 is 0. The van der Waals surface area contributed by atoms with Crippen LogP contribution in [0.1, 0.15) is 123 Å². The van der Waals surface area contributed by atoms with Gasteiger partial charge in [-0.05, 0) is 222 Å². The maximum atomic E-state index is 6.35. The van der Waals surface area contributed by atoms with Crippen LogP contribution < -0.4 is 18.9 Å². The van der Waals surface area contributed by atoms with E-state index in [-0.39, 0.29) is 0 Å². The van der Waals surface area contributed by atoms with Crippen LogP contribution >= 0.6 is 0 Å². The Morgan fingerprint density at radius 1 is 0.250 bits per heavy atom. The van der Waals surface area contributed by atoms with Gasteiger partial charge in [0.25, 0.3) is 0 Å². The van der Waals surface area contributed by atoms with E-state index in [1.165, 1.54) is 0 Å². The third-order valence-corrected chi connectivity index (χ3v) is 17.2. The predicted octanol–water partition coefficient (Wildman–Crippen LogP) is 17.7. The number of rotatable bonds is 32. The van der Waals surface area contributed by atoms with Crippen molar-refractivity contribution in [1.29, 1.82) is 0 Å². The second-order valence-corrected chi connectivity index (χ2v) is 24.0. The largest absolute Gasteiger partial charge is 0.494 e. The molecule has 16 heteroatoms. The lowest BCUT2D eigenvalue weighted by molar-refractivity contribution is 0.305. The topological polar surface area (TPSA) is 197 Å². The van der Waals surface area contributed by atoms with Crippen LogP contribution in [0.15, 0.2) is 196 Å². The van der Waals surface area contributed by atoms with Gasteiger partial charge in [0.2, 0.25) is 0 Å². The van der Waals surface area contributed by atoms with E-state index < -0.39 is 0 Å². The van der Waals surface area contributed by atoms with Gasteiger partial charge in [-0.15, -0.1) is 0 Å². The molecule has 0 aliphatic carbocycles. The molecule has 7 aromatic heterocycles. The van der Waals surface area contributed by atoms with E-state index in [9.17, 15) is 0 Å². The predicted molar refractivity (Wildman–Crippen MR) is 381 cm³/mol. The molecule has 482 valence electrons. The normalized spacial score (nSPS) is 11.7. The average Bonchev–Trinajstić information content (AvgIpc) is 1.67. The third kappa shape index (κ3) is 17.0. The first-order chi connectivity index (χ1) is 47.6. The van der Waals surface area contributed by atoms with Crippen molar-refractivity contribution in [3.8, 4) is 67.5 Å². The number of nitrogens with zero attached hydrogens (tertiary/aromatic N) is 10. The molecule has 16 nitrogen and oxygen atoms in total. The van der Waals surface area contributed by atoms with E-state index in [4.69, 9.17) is 28.9 Å². The Labute approximate surface area is 560 Å². The van der Waals surface area contributed by atoms with Gasteiger partial charge in [-0.1, -0.05) is 48.5 Å². The summed E-state index contributed by atoms with van der Waals surface area (Å²) in [7, 11) is 0. The van der Waals surface area contributed by atoms with Crippen molar-refractivity contribution in [2.24, 2.45) is 0 Å². The summed E-state index contributed by atoms with van der Waals surface area (Å²) in [6.07, 6.45) is 45.3. The van der Waals surface area contributed by atoms with Gasteiger partial charge in [0.15, 0.2) is 0 Å². The fourth-order valence-corrected chi connectivity index (χ4v) is 12.2. The Morgan fingerprint density at radius 2 is 0.490 bits per heavy atom. The Morgan fingerprint density at radius 3 is 0.708 bits per heavy atom. The third-order valence-electron chi connectivity index (χ3n) is 17.2.